The first-order chi connectivity index (χ1) is 17.2. The molecular formula is C23H18Cl5N3O4S2. The van der Waals surface area contributed by atoms with E-state index in [0.29, 0.717) is 44.4 Å². The highest BCUT2D eigenvalue weighted by atomic mass is 35.7. The van der Waals surface area contributed by atoms with E-state index in [4.69, 9.17) is 62.8 Å². The molecule has 37 heavy (non-hydrogen) atoms. The van der Waals surface area contributed by atoms with Crippen LogP contribution in [0, 0.1) is 0 Å². The Labute approximate surface area is 238 Å². The van der Waals surface area contributed by atoms with Crippen LogP contribution in [0.5, 0.6) is 0 Å². The number of nitrogens with zero attached hydrogens (tertiary/aromatic N) is 2. The minimum absolute atomic E-state index is 0.0346. The van der Waals surface area contributed by atoms with Gasteiger partial charge in [-0.25, -0.2) is 26.8 Å². The van der Waals surface area contributed by atoms with Crippen LogP contribution in [0.25, 0.3) is 21.5 Å². The molecule has 0 aliphatic heterocycles. The zero-order chi connectivity index (χ0) is 27.2. The summed E-state index contributed by atoms with van der Waals surface area (Å²) in [4.78, 5) is 6.73. The van der Waals surface area contributed by atoms with Gasteiger partial charge in [0.05, 0.1) is 19.8 Å². The van der Waals surface area contributed by atoms with E-state index in [1.54, 1.807) is 12.1 Å². The summed E-state index contributed by atoms with van der Waals surface area (Å²) in [5, 5.41) is 3.52. The molecule has 2 aromatic heterocycles. The predicted molar refractivity (Wildman–Crippen MR) is 149 cm³/mol. The number of pyridine rings is 2. The molecule has 2 N–H and O–H groups in total. The number of rotatable bonds is 3. The van der Waals surface area contributed by atoms with Crippen molar-refractivity contribution in [3.63, 3.8) is 0 Å². The standard InChI is InChI=1S/C14H14Cl2N2O2S.C9H4Cl3NO2S/c15-12-8-18-13(16)11-7-9(3-4-10(11)12)21(19,20)14(17)5-1-2-6-14;10-8-4-13-9(11)7-3-5(16(12,14)15)1-2-6(7)8/h3-4,7-8H,1-2,5-6,17H2;1-4H. The van der Waals surface area contributed by atoms with Crippen molar-refractivity contribution >= 4 is 97.5 Å². The average molecular weight is 642 g/mol. The molecule has 0 unspecified atom stereocenters. The maximum Gasteiger partial charge on any atom is 0.261 e. The zero-order valence-corrected chi connectivity index (χ0v) is 24.2. The molecule has 0 amide bonds. The Morgan fingerprint density at radius 1 is 0.703 bits per heavy atom. The van der Waals surface area contributed by atoms with Crippen LogP contribution in [0.4, 0.5) is 0 Å². The molecule has 1 saturated carbocycles. The summed E-state index contributed by atoms with van der Waals surface area (Å²) in [6, 6.07) is 8.95. The molecule has 0 spiro atoms. The third kappa shape index (κ3) is 5.65. The third-order valence-corrected chi connectivity index (χ3v) is 11.0. The number of halogens is 5. The van der Waals surface area contributed by atoms with Gasteiger partial charge in [0.15, 0.2) is 9.84 Å². The van der Waals surface area contributed by atoms with Crippen molar-refractivity contribution in [1.82, 2.24) is 9.97 Å². The van der Waals surface area contributed by atoms with Crippen LogP contribution in [-0.4, -0.2) is 31.7 Å². The molecule has 1 fully saturated rings. The summed E-state index contributed by atoms with van der Waals surface area (Å²) in [6.07, 6.45) is 5.47. The van der Waals surface area contributed by atoms with E-state index in [-0.39, 0.29) is 20.1 Å². The number of hydrogen-bond acceptors (Lipinski definition) is 7. The van der Waals surface area contributed by atoms with Crippen molar-refractivity contribution in [3.8, 4) is 0 Å². The highest BCUT2D eigenvalue weighted by molar-refractivity contribution is 8.13. The number of fused-ring (bicyclic) bond motifs is 2. The lowest BCUT2D eigenvalue weighted by atomic mass is 10.2. The maximum atomic E-state index is 12.8. The fraction of sp³-hybridized carbons (Fsp3) is 0.217. The number of hydrogen-bond donors (Lipinski definition) is 1. The van der Waals surface area contributed by atoms with Gasteiger partial charge in [-0.05, 0) is 37.1 Å². The van der Waals surface area contributed by atoms with Crippen LogP contribution in [0.3, 0.4) is 0 Å². The lowest BCUT2D eigenvalue weighted by molar-refractivity contribution is 0.520. The van der Waals surface area contributed by atoms with Crippen LogP contribution >= 0.6 is 57.1 Å². The summed E-state index contributed by atoms with van der Waals surface area (Å²) < 4.78 is 47.8. The van der Waals surface area contributed by atoms with E-state index < -0.39 is 23.8 Å². The van der Waals surface area contributed by atoms with Gasteiger partial charge in [0.25, 0.3) is 9.05 Å². The first-order valence-corrected chi connectivity index (χ1v) is 16.0. The van der Waals surface area contributed by atoms with Gasteiger partial charge in [-0.15, -0.1) is 0 Å². The number of aromatic nitrogens is 2. The van der Waals surface area contributed by atoms with Gasteiger partial charge in [-0.1, -0.05) is 71.4 Å². The maximum absolute atomic E-state index is 12.8. The number of sulfone groups is 1. The molecule has 7 nitrogen and oxygen atoms in total. The first kappa shape index (κ1) is 28.6. The molecule has 2 aromatic carbocycles. The topological polar surface area (TPSA) is 120 Å². The minimum atomic E-state index is -3.78. The van der Waals surface area contributed by atoms with Gasteiger partial charge >= 0.3 is 0 Å². The SMILES string of the molecule is NC1(S(=O)(=O)c2ccc3c(Cl)cnc(Cl)c3c2)CCCC1.O=S(=O)(Cl)c1ccc2c(Cl)cnc(Cl)c2c1. The van der Waals surface area contributed by atoms with Crippen molar-refractivity contribution in [3.05, 3.63) is 69.1 Å². The van der Waals surface area contributed by atoms with E-state index in [1.165, 1.54) is 36.7 Å². The van der Waals surface area contributed by atoms with Crippen LogP contribution in [-0.2, 0) is 18.9 Å². The van der Waals surface area contributed by atoms with Crippen molar-refractivity contribution < 1.29 is 16.8 Å². The lowest BCUT2D eigenvalue weighted by Crippen LogP contribution is -2.44. The molecule has 2 heterocycles. The Morgan fingerprint density at radius 2 is 1.14 bits per heavy atom. The van der Waals surface area contributed by atoms with Crippen molar-refractivity contribution in [2.75, 3.05) is 0 Å². The summed E-state index contributed by atoms with van der Waals surface area (Å²) in [7, 11) is -2.17. The fourth-order valence-electron chi connectivity index (χ4n) is 4.11. The van der Waals surface area contributed by atoms with Crippen molar-refractivity contribution in [2.24, 2.45) is 5.73 Å². The Morgan fingerprint density at radius 3 is 1.59 bits per heavy atom. The third-order valence-electron chi connectivity index (χ3n) is 6.10. The molecule has 5 rings (SSSR count). The molecule has 0 saturated heterocycles. The predicted octanol–water partition coefficient (Wildman–Crippen LogP) is 7.01. The van der Waals surface area contributed by atoms with E-state index >= 15 is 0 Å². The largest absolute Gasteiger partial charge is 0.312 e. The Bertz CT molecular complexity index is 1740. The summed E-state index contributed by atoms with van der Waals surface area (Å²) >= 11 is 23.8. The molecule has 4 aromatic rings. The van der Waals surface area contributed by atoms with Gasteiger partial charge in [-0.3, -0.25) is 0 Å². The highest BCUT2D eigenvalue weighted by Gasteiger charge is 2.43. The van der Waals surface area contributed by atoms with E-state index in [0.717, 1.165) is 12.8 Å². The second-order valence-corrected chi connectivity index (χ2v) is 14.8. The van der Waals surface area contributed by atoms with Crippen molar-refractivity contribution in [2.45, 2.75) is 40.3 Å². The fourth-order valence-corrected chi connectivity index (χ4v) is 7.54. The molecule has 1 aliphatic carbocycles. The minimum Gasteiger partial charge on any atom is -0.312 e. The van der Waals surface area contributed by atoms with Crippen LogP contribution in [0.1, 0.15) is 25.7 Å². The zero-order valence-electron chi connectivity index (χ0n) is 18.8. The average Bonchev–Trinajstić information content (AvgIpc) is 3.31. The molecule has 0 bridgehead atoms. The van der Waals surface area contributed by atoms with Crippen LogP contribution in [0.2, 0.25) is 20.4 Å². The molecule has 0 atom stereocenters. The van der Waals surface area contributed by atoms with Gasteiger partial charge < -0.3 is 5.73 Å². The van der Waals surface area contributed by atoms with Gasteiger partial charge in [-0.2, -0.15) is 0 Å². The normalized spacial score (nSPS) is 15.5. The monoisotopic (exact) mass is 639 g/mol. The molecule has 1 aliphatic rings. The number of benzene rings is 2. The lowest BCUT2D eigenvalue weighted by Gasteiger charge is -2.24. The van der Waals surface area contributed by atoms with Gasteiger partial charge in [0.2, 0.25) is 0 Å². The molecule has 14 heteroatoms. The Hall–Kier alpha value is -1.43. The van der Waals surface area contributed by atoms with E-state index in [9.17, 15) is 16.8 Å². The second-order valence-electron chi connectivity index (χ2n) is 8.42. The summed E-state index contributed by atoms with van der Waals surface area (Å²) in [6.45, 7) is 0. The molecular weight excluding hydrogens is 624 g/mol. The van der Waals surface area contributed by atoms with Gasteiger partial charge in [0, 0.05) is 44.6 Å². The highest BCUT2D eigenvalue weighted by Crippen LogP contribution is 2.38. The second kappa shape index (κ2) is 10.6. The summed E-state index contributed by atoms with van der Waals surface area (Å²) in [5.74, 6) is 0. The Kier molecular flexibility index (Phi) is 8.20. The molecule has 0 radical (unpaired) electrons. The quantitative estimate of drug-likeness (QED) is 0.189. The first-order valence-electron chi connectivity index (χ1n) is 10.7. The Balaban J connectivity index is 0.000000180. The van der Waals surface area contributed by atoms with Crippen molar-refractivity contribution in [1.29, 1.82) is 0 Å². The van der Waals surface area contributed by atoms with Crippen LogP contribution in [0.15, 0.2) is 58.6 Å². The summed E-state index contributed by atoms with van der Waals surface area (Å²) in [5.41, 5.74) is 6.12. The smallest absolute Gasteiger partial charge is 0.261 e. The molecule has 196 valence electrons. The van der Waals surface area contributed by atoms with Crippen LogP contribution < -0.4 is 5.73 Å². The van der Waals surface area contributed by atoms with E-state index in [2.05, 4.69) is 9.97 Å². The van der Waals surface area contributed by atoms with E-state index in [1.807, 2.05) is 0 Å². The number of nitrogens with two attached hydrogens (primary N) is 1. The van der Waals surface area contributed by atoms with Gasteiger partial charge in [0.1, 0.15) is 15.2 Å².